The van der Waals surface area contributed by atoms with E-state index in [1.807, 2.05) is 0 Å². The molecule has 0 aromatic rings. The first-order valence-corrected chi connectivity index (χ1v) is 15.0. The van der Waals surface area contributed by atoms with Gasteiger partial charge in [-0.1, -0.05) is 0 Å². The molecule has 0 spiro atoms. The van der Waals surface area contributed by atoms with Gasteiger partial charge in [0, 0.05) is 35.1 Å². The summed E-state index contributed by atoms with van der Waals surface area (Å²) < 4.78 is 0. The van der Waals surface area contributed by atoms with Gasteiger partial charge in [0.15, 0.2) is 0 Å². The van der Waals surface area contributed by atoms with Gasteiger partial charge in [0.05, 0.1) is 36.8 Å². The van der Waals surface area contributed by atoms with E-state index >= 15 is 0 Å². The predicted molar refractivity (Wildman–Crippen MR) is 140 cm³/mol. The number of piperidine rings is 2. The molecule has 4 amide bonds. The minimum absolute atomic E-state index is 0.169. The van der Waals surface area contributed by atoms with E-state index in [9.17, 15) is 29.7 Å². The molecule has 10 nitrogen and oxygen atoms in total. The molecule has 10 atom stereocenters. The molecule has 10 unspecified atom stereocenters. The van der Waals surface area contributed by atoms with Crippen molar-refractivity contribution in [3.63, 3.8) is 0 Å². The number of hydrogen-bond donors (Lipinski definition) is 0. The van der Waals surface area contributed by atoms with E-state index in [1.165, 1.54) is 14.1 Å². The summed E-state index contributed by atoms with van der Waals surface area (Å²) in [6.07, 6.45) is 0. The number of thioether (sulfide) groups is 4. The Morgan fingerprint density at radius 1 is 0.632 bits per heavy atom. The van der Waals surface area contributed by atoms with Crippen LogP contribution in [0.5, 0.6) is 0 Å². The molecule has 0 N–H and O–H groups in total. The number of fused-ring (bicyclic) bond motifs is 6. The lowest BCUT2D eigenvalue weighted by Crippen LogP contribution is -2.75. The average Bonchev–Trinajstić information content (AvgIpc) is 2.93. The fourth-order valence-corrected chi connectivity index (χ4v) is 13.1. The number of nitrogens with zero attached hydrogens (tertiary/aromatic N) is 6. The smallest absolute Gasteiger partial charge is 0.234 e. The number of nitriles is 2. The Hall–Kier alpha value is -2.88. The van der Waals surface area contributed by atoms with Crippen LogP contribution in [0.4, 0.5) is 0 Å². The van der Waals surface area contributed by atoms with E-state index in [-0.39, 0.29) is 19.9 Å². The molecular weight excluding hydrogens is 565 g/mol. The van der Waals surface area contributed by atoms with Gasteiger partial charge < -0.3 is 0 Å². The molecule has 4 aliphatic heterocycles. The van der Waals surface area contributed by atoms with E-state index in [0.717, 1.165) is 56.8 Å². The van der Waals surface area contributed by atoms with Crippen LogP contribution in [0, 0.1) is 71.3 Å². The van der Waals surface area contributed by atoms with Crippen molar-refractivity contribution in [2.45, 2.75) is 21.0 Å². The van der Waals surface area contributed by atoms with Crippen LogP contribution in [0.25, 0.3) is 9.69 Å². The molecule has 2 saturated carbocycles. The van der Waals surface area contributed by atoms with E-state index in [1.54, 1.807) is 0 Å². The van der Waals surface area contributed by atoms with Crippen molar-refractivity contribution in [1.29, 1.82) is 10.5 Å². The minimum Gasteiger partial charge on any atom is -0.285 e. The molecule has 2 aliphatic carbocycles. The normalized spacial score (nSPS) is 41.3. The fraction of sp³-hybridized carbons (Fsp3) is 0.500. The Morgan fingerprint density at radius 3 is 1.18 bits per heavy atom. The molecule has 0 radical (unpaired) electrons. The van der Waals surface area contributed by atoms with Gasteiger partial charge in [0.25, 0.3) is 0 Å². The molecule has 38 heavy (non-hydrogen) atoms. The van der Waals surface area contributed by atoms with Crippen LogP contribution in [0.3, 0.4) is 0 Å². The standard InChI is InChI=1S/C24H16N6O4S4/c1-27-19-20(28-2)38-18-14-10-9-11(21(31)29(3)23(33)13(9)17(18)37-19)15-16(12(10)22(32)30(4)24(14)34)36-8(6-26)7(5-25)35-15/h9-18H,3-4H3. The highest BCUT2D eigenvalue weighted by molar-refractivity contribution is 8.11. The van der Waals surface area contributed by atoms with Crippen LogP contribution in [0.15, 0.2) is 19.9 Å². The summed E-state index contributed by atoms with van der Waals surface area (Å²) in [6, 6.07) is 4.11. The fourth-order valence-electron chi connectivity index (χ4n) is 7.03. The van der Waals surface area contributed by atoms with Gasteiger partial charge >= 0.3 is 0 Å². The van der Waals surface area contributed by atoms with Gasteiger partial charge in [-0.2, -0.15) is 10.5 Å². The first kappa shape index (κ1) is 25.4. The lowest BCUT2D eigenvalue weighted by Gasteiger charge is -2.64. The Morgan fingerprint density at radius 2 is 0.921 bits per heavy atom. The lowest BCUT2D eigenvalue weighted by atomic mass is 9.50. The maximum atomic E-state index is 13.8. The molecule has 0 aromatic heterocycles. The van der Waals surface area contributed by atoms with Crippen LogP contribution in [0.1, 0.15) is 0 Å². The number of imide groups is 2. The van der Waals surface area contributed by atoms with E-state index in [0.29, 0.717) is 0 Å². The maximum absolute atomic E-state index is 13.8. The quantitative estimate of drug-likeness (QED) is 0.311. The monoisotopic (exact) mass is 580 g/mol. The number of carbonyl (C=O) groups is 4. The number of allylic oxidation sites excluding steroid dienone is 2. The third-order valence-electron chi connectivity index (χ3n) is 8.43. The zero-order valence-corrected chi connectivity index (χ0v) is 23.0. The van der Waals surface area contributed by atoms with Crippen molar-refractivity contribution in [3.05, 3.63) is 42.7 Å². The highest BCUT2D eigenvalue weighted by atomic mass is 32.2. The summed E-state index contributed by atoms with van der Waals surface area (Å²) in [5, 5.41) is 17.6. The van der Waals surface area contributed by atoms with Crippen molar-refractivity contribution in [2.24, 2.45) is 35.5 Å². The highest BCUT2D eigenvalue weighted by Gasteiger charge is 2.72. The van der Waals surface area contributed by atoms with Crippen LogP contribution in [-0.2, 0) is 19.2 Å². The van der Waals surface area contributed by atoms with E-state index in [4.69, 9.17) is 13.1 Å². The second-order valence-electron chi connectivity index (χ2n) is 9.77. The molecule has 2 saturated heterocycles. The molecule has 14 heteroatoms. The summed E-state index contributed by atoms with van der Waals surface area (Å²) in [5.41, 5.74) is 0. The molecular formula is C24H16N6O4S4. The molecule has 4 fully saturated rings. The first-order chi connectivity index (χ1) is 18.2. The SMILES string of the molecule is [C-]#[N+]C1=C([N+]#[C-])SC2C(S1)C1C(=O)N(C)C(=O)C3C4SC(C#N)=C(C#N)SC4C4C(=O)N(C)C(=O)C2C4C31. The van der Waals surface area contributed by atoms with E-state index < -0.39 is 80.1 Å². The topological polar surface area (TPSA) is 131 Å². The highest BCUT2D eigenvalue weighted by Crippen LogP contribution is 2.67. The van der Waals surface area contributed by atoms with Crippen LogP contribution in [-0.4, -0.2) is 68.5 Å². The van der Waals surface area contributed by atoms with E-state index in [2.05, 4.69) is 21.8 Å². The number of amides is 4. The maximum Gasteiger partial charge on any atom is 0.234 e. The summed E-state index contributed by atoms with van der Waals surface area (Å²) in [7, 11) is 2.85. The molecule has 190 valence electrons. The summed E-state index contributed by atoms with van der Waals surface area (Å²) in [6.45, 7) is 15.2. The lowest BCUT2D eigenvalue weighted by molar-refractivity contribution is -0.181. The van der Waals surface area contributed by atoms with Crippen LogP contribution in [0.2, 0.25) is 0 Å². The summed E-state index contributed by atoms with van der Waals surface area (Å²) in [5.74, 6) is -5.94. The zero-order chi connectivity index (χ0) is 27.2. The molecule has 6 aliphatic rings. The average molecular weight is 581 g/mol. The zero-order valence-electron chi connectivity index (χ0n) is 19.7. The van der Waals surface area contributed by atoms with Crippen molar-refractivity contribution in [3.8, 4) is 12.1 Å². The minimum atomic E-state index is -0.754. The first-order valence-electron chi connectivity index (χ1n) is 11.5. The summed E-state index contributed by atoms with van der Waals surface area (Å²) in [4.78, 5) is 64.7. The Labute approximate surface area is 234 Å². The molecule has 0 bridgehead atoms. The Bertz CT molecular complexity index is 1270. The number of likely N-dealkylation sites (tertiary alicyclic amines) is 2. The van der Waals surface area contributed by atoms with Gasteiger partial charge in [0.1, 0.15) is 21.9 Å². The Kier molecular flexibility index (Phi) is 5.90. The third-order valence-corrected chi connectivity index (χ3v) is 14.5. The van der Waals surface area contributed by atoms with Gasteiger partial charge in [0.2, 0.25) is 33.7 Å². The number of rotatable bonds is 0. The van der Waals surface area contributed by atoms with Crippen molar-refractivity contribution in [2.75, 3.05) is 14.1 Å². The molecule has 6 rings (SSSR count). The second kappa shape index (κ2) is 8.83. The molecule has 0 aromatic carbocycles. The van der Waals surface area contributed by atoms with Crippen LogP contribution < -0.4 is 0 Å². The summed E-state index contributed by atoms with van der Waals surface area (Å²) >= 11 is 4.49. The second-order valence-corrected chi connectivity index (χ2v) is 14.5. The van der Waals surface area contributed by atoms with Gasteiger partial charge in [-0.25, -0.2) is 9.69 Å². The third kappa shape index (κ3) is 3.09. The van der Waals surface area contributed by atoms with Crippen molar-refractivity contribution < 1.29 is 19.2 Å². The largest absolute Gasteiger partial charge is 0.285 e. The van der Waals surface area contributed by atoms with Crippen molar-refractivity contribution >= 4 is 70.7 Å². The van der Waals surface area contributed by atoms with Crippen LogP contribution >= 0.6 is 47.0 Å². The van der Waals surface area contributed by atoms with Crippen molar-refractivity contribution in [1.82, 2.24) is 9.80 Å². The van der Waals surface area contributed by atoms with Gasteiger partial charge in [-0.3, -0.25) is 29.0 Å². The number of carbonyl (C=O) groups excluding carboxylic acids is 4. The number of hydrogen-bond acceptors (Lipinski definition) is 10. The van der Waals surface area contributed by atoms with Gasteiger partial charge in [-0.05, 0) is 11.8 Å². The predicted octanol–water partition coefficient (Wildman–Crippen LogP) is 2.37. The molecule has 4 heterocycles. The van der Waals surface area contributed by atoms with Gasteiger partial charge in [-0.15, -0.1) is 47.0 Å². The Balaban J connectivity index is 1.60.